The van der Waals surface area contributed by atoms with Crippen LogP contribution in [-0.4, -0.2) is 148 Å². The van der Waals surface area contributed by atoms with E-state index in [1.807, 2.05) is 18.4 Å². The van der Waals surface area contributed by atoms with Crippen molar-refractivity contribution < 1.29 is 60.7 Å². The van der Waals surface area contributed by atoms with Gasteiger partial charge in [-0.15, -0.1) is 23.1 Å². The Morgan fingerprint density at radius 1 is 0.919 bits per heavy atom. The maximum absolute atomic E-state index is 15.0. The molecule has 0 aliphatic carbocycles. The first-order valence-electron chi connectivity index (χ1n) is 26.9. The van der Waals surface area contributed by atoms with E-state index in [1.54, 1.807) is 51.2 Å². The summed E-state index contributed by atoms with van der Waals surface area (Å²) in [6.45, 7) is 4.89. The second-order valence-corrected chi connectivity index (χ2v) is 26.5. The van der Waals surface area contributed by atoms with Crippen LogP contribution in [0.3, 0.4) is 0 Å². The molecule has 86 heavy (non-hydrogen) atoms. The monoisotopic (exact) mass is 1240 g/mol. The van der Waals surface area contributed by atoms with Crippen molar-refractivity contribution >= 4 is 103 Å². The molecule has 0 saturated carbocycles. The largest absolute Gasteiger partial charge is 0.391 e. The predicted molar refractivity (Wildman–Crippen MR) is 316 cm³/mol. The average molecular weight is 1240 g/mol. The predicted octanol–water partition coefficient (Wildman–Crippen LogP) is 1.84. The maximum atomic E-state index is 15.0. The Balaban J connectivity index is 1.06. The molecule has 3 aliphatic heterocycles. The van der Waals surface area contributed by atoms with Gasteiger partial charge in [-0.2, -0.15) is 0 Å². The molecule has 6 aromatic rings. The van der Waals surface area contributed by atoms with E-state index >= 15 is 4.39 Å². The van der Waals surface area contributed by atoms with Crippen molar-refractivity contribution in [3.05, 3.63) is 122 Å². The number of nitrogens with one attached hydrogen (secondary N) is 7. The van der Waals surface area contributed by atoms with Crippen LogP contribution >= 0.6 is 23.1 Å². The smallest absolute Gasteiger partial charge is 0.274 e. The van der Waals surface area contributed by atoms with Crippen molar-refractivity contribution in [2.75, 3.05) is 42.3 Å². The van der Waals surface area contributed by atoms with Gasteiger partial charge in [0, 0.05) is 84.0 Å². The number of aliphatic hydroxyl groups is 1. The Morgan fingerprint density at radius 2 is 1.65 bits per heavy atom. The number of anilines is 2. The number of aromatic nitrogens is 3. The van der Waals surface area contributed by atoms with E-state index in [1.165, 1.54) is 46.2 Å². The van der Waals surface area contributed by atoms with Gasteiger partial charge >= 0.3 is 0 Å². The molecule has 9 rings (SSSR count). The van der Waals surface area contributed by atoms with Gasteiger partial charge in [0.15, 0.2) is 21.5 Å². The molecule has 2 fully saturated rings. The third-order valence-electron chi connectivity index (χ3n) is 14.9. The number of hydrogen-bond acceptors (Lipinski definition) is 16. The summed E-state index contributed by atoms with van der Waals surface area (Å²) in [5, 5.41) is 28.6. The highest BCUT2D eigenvalue weighted by molar-refractivity contribution is 8.00. The molecule has 0 unspecified atom stereocenters. The number of fused-ring (bicyclic) bond motifs is 3. The molecule has 0 bridgehead atoms. The summed E-state index contributed by atoms with van der Waals surface area (Å²) < 4.78 is 57.1. The van der Waals surface area contributed by atoms with Crippen LogP contribution in [0, 0.1) is 24.0 Å². The van der Waals surface area contributed by atoms with Crippen molar-refractivity contribution in [3.8, 4) is 21.6 Å². The number of carbonyl (C=O) groups is 8. The zero-order chi connectivity index (χ0) is 62.3. The Bertz CT molecular complexity index is 3920. The number of hydrogen-bond donors (Lipinski definition) is 9. The van der Waals surface area contributed by atoms with Crippen LogP contribution in [0.15, 0.2) is 77.3 Å². The molecule has 24 nitrogen and oxygen atoms in total. The quantitative estimate of drug-likeness (QED) is 0.0998. The molecular formula is C57H62F2N12O12S3. The summed E-state index contributed by atoms with van der Waals surface area (Å²) in [5.41, 5.74) is 7.47. The number of aryl methyl sites for hydroxylation is 2. The molecular weight excluding hydrogens is 1180 g/mol. The van der Waals surface area contributed by atoms with Gasteiger partial charge in [0.1, 0.15) is 41.5 Å². The number of carbonyl (C=O) groups excluding carboxylic acids is 8. The first kappa shape index (κ1) is 62.0. The number of nitrogens with zero attached hydrogens (tertiary/aromatic N) is 4. The Hall–Kier alpha value is -8.54. The SMILES string of the molecule is Cc1ccsc1-c1ccc([C@H]2NC(=O)[C@@H]3C[C@@H](O)CN3C(=O)[C@H](C(C)(C)C)NC(=O)CSC[C@H](C(N)=O)NC(=O)[C@@H](CNC(=O)c3cc4c(cc3CS(C)(=O)=O)-c3cn(C)c(=O)c5[nH]cc(c35)CN4c3cc(F)c(F)cn3)NC(=O)CNC2=O)cc1. The van der Waals surface area contributed by atoms with Crippen molar-refractivity contribution in [3.63, 3.8) is 0 Å². The van der Waals surface area contributed by atoms with E-state index in [2.05, 4.69) is 41.9 Å². The molecule has 4 aromatic heterocycles. The number of aromatic amines is 1. The fourth-order valence-corrected chi connectivity index (χ4v) is 13.2. The van der Waals surface area contributed by atoms with Crippen LogP contribution < -0.4 is 48.1 Å². The summed E-state index contributed by atoms with van der Waals surface area (Å²) in [6.07, 6.45) is 3.24. The van der Waals surface area contributed by atoms with Crippen LogP contribution in [0.25, 0.3) is 32.5 Å². The third kappa shape index (κ3) is 13.4. The Labute approximate surface area is 499 Å². The standard InChI is InChI=1S/C57H62F2N12O12S3/c1-27-11-12-85-48(27)29-9-7-28(8-10-29)46-54(79)64-20-43(73)65-38(52(77)66-39(50(60)75)24-84-25-44(74)67-49(57(2,3)4)56(81)71-22-32(72)14-41(71)53(78)68-46)19-63-51(76)33-15-40-34(13-30(33)26-86(6,82)83)35-23-69(5)55(80)47-45(35)31(17-62-47)21-70(40)42-16-36(58)37(59)18-61-42/h7-13,15-18,23,32,38-39,41,46,49,62,72H,14,19-22,24-26H2,1-6H3,(H2,60,75)(H,63,76)(H,64,79)(H,65,73)(H,66,77)(H,67,74)(H,68,78)/t32-,38-,39-,41+,46-,49-/m1/s1. The lowest BCUT2D eigenvalue weighted by molar-refractivity contribution is -0.144. The average Bonchev–Trinajstić information content (AvgIpc) is 1.57. The number of rotatable bonds is 9. The minimum absolute atomic E-state index is 0.0890. The van der Waals surface area contributed by atoms with E-state index in [0.717, 1.165) is 45.0 Å². The highest BCUT2D eigenvalue weighted by Gasteiger charge is 2.45. The zero-order valence-electron chi connectivity index (χ0n) is 47.3. The highest BCUT2D eigenvalue weighted by Crippen LogP contribution is 2.45. The lowest BCUT2D eigenvalue weighted by atomic mass is 9.85. The van der Waals surface area contributed by atoms with Crippen LogP contribution in [0.5, 0.6) is 0 Å². The van der Waals surface area contributed by atoms with E-state index in [0.29, 0.717) is 22.7 Å². The number of thiophene rings is 1. The van der Waals surface area contributed by atoms with Crippen LogP contribution in [0.1, 0.15) is 65.8 Å². The number of benzene rings is 2. The normalized spacial score (nSPS) is 21.2. The molecule has 8 amide bonds. The van der Waals surface area contributed by atoms with Crippen LogP contribution in [-0.2, 0) is 62.7 Å². The second kappa shape index (κ2) is 24.8. The summed E-state index contributed by atoms with van der Waals surface area (Å²) >= 11 is 2.33. The van der Waals surface area contributed by atoms with Crippen LogP contribution in [0.4, 0.5) is 20.3 Å². The van der Waals surface area contributed by atoms with E-state index < -0.39 is 135 Å². The number of nitrogens with two attached hydrogens (primary N) is 1. The van der Waals surface area contributed by atoms with Crippen molar-refractivity contribution in [2.45, 2.75) is 82.7 Å². The number of thioether (sulfide) groups is 1. The molecule has 0 spiro atoms. The lowest BCUT2D eigenvalue weighted by Crippen LogP contribution is -2.58. The fourth-order valence-electron chi connectivity index (χ4n) is 10.6. The number of halogens is 2. The van der Waals surface area contributed by atoms with Gasteiger partial charge < -0.3 is 62.1 Å². The zero-order valence-corrected chi connectivity index (χ0v) is 49.8. The topological polar surface area (TPSA) is 346 Å². The summed E-state index contributed by atoms with van der Waals surface area (Å²) in [5.74, 6) is -11.6. The number of primary amides is 1. The first-order chi connectivity index (χ1) is 40.6. The number of sulfone groups is 1. The number of aliphatic hydroxyl groups excluding tert-OH is 1. The molecule has 0 radical (unpaired) electrons. The fraction of sp³-hybridized carbons (Fsp3) is 0.368. The summed E-state index contributed by atoms with van der Waals surface area (Å²) in [4.78, 5) is 137. The van der Waals surface area contributed by atoms with Crippen molar-refractivity contribution in [1.29, 1.82) is 0 Å². The summed E-state index contributed by atoms with van der Waals surface area (Å²) in [7, 11) is -2.48. The first-order valence-corrected chi connectivity index (χ1v) is 31.0. The molecule has 3 aliphatic rings. The van der Waals surface area contributed by atoms with E-state index in [9.17, 15) is 61.1 Å². The van der Waals surface area contributed by atoms with Gasteiger partial charge in [-0.25, -0.2) is 22.2 Å². The van der Waals surface area contributed by atoms with E-state index in [4.69, 9.17) is 5.73 Å². The Kier molecular flexibility index (Phi) is 17.9. The number of H-pyrrole nitrogens is 1. The molecule has 454 valence electrons. The van der Waals surface area contributed by atoms with Gasteiger partial charge in [-0.3, -0.25) is 43.2 Å². The molecule has 29 heteroatoms. The maximum Gasteiger partial charge on any atom is 0.274 e. The highest BCUT2D eigenvalue weighted by atomic mass is 32.2. The molecule has 6 atom stereocenters. The minimum atomic E-state index is -3.97. The number of amides is 8. The van der Waals surface area contributed by atoms with Crippen LogP contribution in [0.2, 0.25) is 0 Å². The molecule has 7 heterocycles. The van der Waals surface area contributed by atoms with E-state index in [-0.39, 0.29) is 70.3 Å². The third-order valence-corrected chi connectivity index (χ3v) is 17.8. The molecule has 2 aromatic carbocycles. The second-order valence-electron chi connectivity index (χ2n) is 22.4. The van der Waals surface area contributed by atoms with Crippen molar-refractivity contribution in [2.24, 2.45) is 18.2 Å². The Morgan fingerprint density at radius 3 is 2.31 bits per heavy atom. The summed E-state index contributed by atoms with van der Waals surface area (Å²) in [6, 6.07) is 4.64. The molecule has 2 saturated heterocycles. The molecule has 10 N–H and O–H groups in total. The van der Waals surface area contributed by atoms with Gasteiger partial charge in [0.25, 0.3) is 11.5 Å². The van der Waals surface area contributed by atoms with Gasteiger partial charge in [-0.1, -0.05) is 45.0 Å². The van der Waals surface area contributed by atoms with Gasteiger partial charge in [0.2, 0.25) is 41.4 Å². The van der Waals surface area contributed by atoms with Crippen molar-refractivity contribution in [1.82, 2.24) is 51.3 Å². The van der Waals surface area contributed by atoms with Gasteiger partial charge in [0.05, 0.1) is 42.6 Å². The minimum Gasteiger partial charge on any atom is -0.391 e. The van der Waals surface area contributed by atoms with Gasteiger partial charge in [-0.05, 0) is 63.7 Å². The number of pyridine rings is 2. The lowest BCUT2D eigenvalue weighted by Gasteiger charge is -2.35.